The Morgan fingerprint density at radius 2 is 1.89 bits per heavy atom. The third-order valence-corrected chi connectivity index (χ3v) is 3.65. The Morgan fingerprint density at radius 3 is 2.53 bits per heavy atom. The van der Waals surface area contributed by atoms with E-state index in [0.717, 1.165) is 0 Å². The fourth-order valence-electron chi connectivity index (χ4n) is 1.75. The summed E-state index contributed by atoms with van der Waals surface area (Å²) in [4.78, 5) is 0. The van der Waals surface area contributed by atoms with E-state index >= 15 is 0 Å². The van der Waals surface area contributed by atoms with Gasteiger partial charge in [-0.25, -0.2) is 0 Å². The molecule has 1 fully saturated rings. The zero-order chi connectivity index (χ0) is 13.4. The van der Waals surface area contributed by atoms with Crippen molar-refractivity contribution in [2.75, 3.05) is 0 Å². The monoisotopic (exact) mass is 317 g/mol. The van der Waals surface area contributed by atoms with Crippen molar-refractivity contribution in [3.8, 4) is 5.69 Å². The van der Waals surface area contributed by atoms with Crippen molar-refractivity contribution in [2.45, 2.75) is 25.4 Å². The highest BCUT2D eigenvalue weighted by molar-refractivity contribution is 6.40. The smallest absolute Gasteiger partial charge is 0.170 e. The first-order valence-corrected chi connectivity index (χ1v) is 6.94. The maximum Gasteiger partial charge on any atom is 0.170 e. The molecule has 1 N–H and O–H groups in total. The first-order chi connectivity index (χ1) is 9.15. The van der Waals surface area contributed by atoms with E-state index in [0.29, 0.717) is 39.2 Å². The van der Waals surface area contributed by atoms with Crippen LogP contribution in [0.3, 0.4) is 0 Å². The van der Waals surface area contributed by atoms with E-state index in [2.05, 4.69) is 20.8 Å². The quantitative estimate of drug-likeness (QED) is 0.942. The predicted octanol–water partition coefficient (Wildman–Crippen LogP) is 2.87. The Balaban J connectivity index is 1.95. The van der Waals surface area contributed by atoms with Gasteiger partial charge in [0.25, 0.3) is 0 Å². The number of rotatable bonds is 4. The van der Waals surface area contributed by atoms with Crippen molar-refractivity contribution < 1.29 is 0 Å². The zero-order valence-corrected chi connectivity index (χ0v) is 12.0. The van der Waals surface area contributed by atoms with Crippen molar-refractivity contribution >= 4 is 34.8 Å². The zero-order valence-electron chi connectivity index (χ0n) is 9.78. The Hall–Kier alpha value is -0.880. The molecular formula is C11H10Cl3N5. The molecule has 0 atom stereocenters. The first-order valence-electron chi connectivity index (χ1n) is 5.80. The molecule has 0 radical (unpaired) electrons. The summed E-state index contributed by atoms with van der Waals surface area (Å²) in [5.74, 6) is 0.665. The molecular weight excluding hydrogens is 309 g/mol. The third kappa shape index (κ3) is 2.84. The number of aromatic nitrogens is 4. The molecule has 2 aromatic rings. The van der Waals surface area contributed by atoms with Gasteiger partial charge in [0.1, 0.15) is 5.69 Å². The van der Waals surface area contributed by atoms with E-state index in [-0.39, 0.29) is 0 Å². The number of nitrogens with one attached hydrogen (secondary N) is 1. The number of hydrogen-bond acceptors (Lipinski definition) is 4. The molecule has 5 nitrogen and oxygen atoms in total. The van der Waals surface area contributed by atoms with Gasteiger partial charge in [0.05, 0.1) is 16.6 Å². The van der Waals surface area contributed by atoms with E-state index in [1.165, 1.54) is 17.5 Å². The van der Waals surface area contributed by atoms with Crippen LogP contribution in [-0.2, 0) is 6.54 Å². The topological polar surface area (TPSA) is 55.6 Å². The highest BCUT2D eigenvalue weighted by Crippen LogP contribution is 2.32. The van der Waals surface area contributed by atoms with Crippen molar-refractivity contribution in [1.29, 1.82) is 0 Å². The molecule has 1 aliphatic carbocycles. The van der Waals surface area contributed by atoms with Crippen molar-refractivity contribution in [3.63, 3.8) is 0 Å². The molecule has 8 heteroatoms. The van der Waals surface area contributed by atoms with Gasteiger partial charge in [-0.1, -0.05) is 34.8 Å². The van der Waals surface area contributed by atoms with Crippen LogP contribution in [0.4, 0.5) is 0 Å². The van der Waals surface area contributed by atoms with Gasteiger partial charge < -0.3 is 5.32 Å². The molecule has 0 aliphatic heterocycles. The van der Waals surface area contributed by atoms with Crippen LogP contribution in [0.15, 0.2) is 12.1 Å². The average Bonchev–Trinajstić information content (AvgIpc) is 3.06. The summed E-state index contributed by atoms with van der Waals surface area (Å²) in [5.41, 5.74) is 0.547. The normalized spacial score (nSPS) is 14.9. The molecule has 0 amide bonds. The second-order valence-corrected chi connectivity index (χ2v) is 5.63. The van der Waals surface area contributed by atoms with Gasteiger partial charge in [0.2, 0.25) is 0 Å². The largest absolute Gasteiger partial charge is 0.307 e. The lowest BCUT2D eigenvalue weighted by Crippen LogP contribution is -2.19. The molecule has 100 valence electrons. The molecule has 1 aromatic carbocycles. The molecule has 19 heavy (non-hydrogen) atoms. The lowest BCUT2D eigenvalue weighted by atomic mass is 10.3. The number of hydrogen-bond donors (Lipinski definition) is 1. The van der Waals surface area contributed by atoms with E-state index in [1.807, 2.05) is 0 Å². The van der Waals surface area contributed by atoms with Crippen molar-refractivity contribution in [2.24, 2.45) is 0 Å². The number of benzene rings is 1. The Bertz CT molecular complexity index is 585. The molecule has 0 saturated heterocycles. The predicted molar refractivity (Wildman–Crippen MR) is 74.0 cm³/mol. The van der Waals surface area contributed by atoms with Gasteiger partial charge >= 0.3 is 0 Å². The maximum absolute atomic E-state index is 6.17. The molecule has 0 bridgehead atoms. The van der Waals surface area contributed by atoms with Crippen LogP contribution >= 0.6 is 34.8 Å². The maximum atomic E-state index is 6.17. The fourth-order valence-corrected chi connectivity index (χ4v) is 2.73. The van der Waals surface area contributed by atoms with Crippen molar-refractivity contribution in [3.05, 3.63) is 33.0 Å². The van der Waals surface area contributed by atoms with E-state index in [4.69, 9.17) is 34.8 Å². The minimum absolute atomic E-state index is 0.414. The number of halogens is 3. The fraction of sp³-hybridized carbons (Fsp3) is 0.364. The van der Waals surface area contributed by atoms with E-state index < -0.39 is 0 Å². The second-order valence-electron chi connectivity index (χ2n) is 4.38. The minimum atomic E-state index is 0.414. The van der Waals surface area contributed by atoms with Crippen LogP contribution in [0.25, 0.3) is 5.69 Å². The Morgan fingerprint density at radius 1 is 1.21 bits per heavy atom. The number of tetrazole rings is 1. The van der Waals surface area contributed by atoms with Gasteiger partial charge in [-0.2, -0.15) is 4.68 Å². The second kappa shape index (κ2) is 5.25. The molecule has 1 aliphatic rings. The summed E-state index contributed by atoms with van der Waals surface area (Å²) in [7, 11) is 0. The molecule has 0 unspecified atom stereocenters. The summed E-state index contributed by atoms with van der Waals surface area (Å²) in [6.07, 6.45) is 2.40. The van der Waals surface area contributed by atoms with Gasteiger partial charge in [0.15, 0.2) is 5.82 Å². The SMILES string of the molecule is Clc1cc(Cl)c(-n2nnnc2CNC2CC2)c(Cl)c1. The van der Waals surface area contributed by atoms with Gasteiger partial charge in [-0.3, -0.25) is 0 Å². The van der Waals surface area contributed by atoms with E-state index in [1.54, 1.807) is 12.1 Å². The highest BCUT2D eigenvalue weighted by Gasteiger charge is 2.22. The van der Waals surface area contributed by atoms with Gasteiger partial charge in [-0.05, 0) is 35.4 Å². The lowest BCUT2D eigenvalue weighted by molar-refractivity contribution is 0.638. The standard InChI is InChI=1S/C11H10Cl3N5/c12-6-3-8(13)11(9(14)4-6)19-10(16-17-18-19)5-15-7-1-2-7/h3-4,7,15H,1-2,5H2. The molecule has 1 aromatic heterocycles. The van der Waals surface area contributed by atoms with Crippen molar-refractivity contribution in [1.82, 2.24) is 25.5 Å². The molecule has 1 saturated carbocycles. The van der Waals surface area contributed by atoms with Crippen LogP contribution in [0, 0.1) is 0 Å². The highest BCUT2D eigenvalue weighted by atomic mass is 35.5. The van der Waals surface area contributed by atoms with Crippen LogP contribution in [0.2, 0.25) is 15.1 Å². The summed E-state index contributed by atoms with van der Waals surface area (Å²) in [6, 6.07) is 3.80. The lowest BCUT2D eigenvalue weighted by Gasteiger charge is -2.09. The van der Waals surface area contributed by atoms with E-state index in [9.17, 15) is 0 Å². The molecule has 3 rings (SSSR count). The molecule has 0 spiro atoms. The Labute approximate surface area is 124 Å². The van der Waals surface area contributed by atoms with Crippen LogP contribution in [0.5, 0.6) is 0 Å². The third-order valence-electron chi connectivity index (χ3n) is 2.85. The van der Waals surface area contributed by atoms with Crippen LogP contribution in [-0.4, -0.2) is 26.2 Å². The van der Waals surface area contributed by atoms with Gasteiger partial charge in [-0.15, -0.1) is 5.10 Å². The van der Waals surface area contributed by atoms with Gasteiger partial charge in [0, 0.05) is 11.1 Å². The minimum Gasteiger partial charge on any atom is -0.307 e. The summed E-state index contributed by atoms with van der Waals surface area (Å²) in [6.45, 7) is 0.576. The van der Waals surface area contributed by atoms with Crippen LogP contribution < -0.4 is 5.32 Å². The molecule has 1 heterocycles. The summed E-state index contributed by atoms with van der Waals surface area (Å²) < 4.78 is 1.54. The average molecular weight is 319 g/mol. The van der Waals surface area contributed by atoms with Crippen LogP contribution in [0.1, 0.15) is 18.7 Å². The first kappa shape index (κ1) is 13.1. The summed E-state index contributed by atoms with van der Waals surface area (Å²) >= 11 is 18.2. The Kier molecular flexibility index (Phi) is 3.62. The summed E-state index contributed by atoms with van der Waals surface area (Å²) in [5, 5.41) is 16.2. The number of nitrogens with zero attached hydrogens (tertiary/aromatic N) is 4.